The number of nitrogens with one attached hydrogen (secondary N) is 2. The molecule has 4 rings (SSSR count). The lowest BCUT2D eigenvalue weighted by Gasteiger charge is -2.11. The third kappa shape index (κ3) is 3.76. The second kappa shape index (κ2) is 7.97. The number of aromatic hydroxyl groups is 1. The number of H-pyrrole nitrogens is 1. The van der Waals surface area contributed by atoms with Crippen molar-refractivity contribution in [2.45, 2.75) is 23.6 Å². The van der Waals surface area contributed by atoms with E-state index in [1.165, 1.54) is 42.5 Å². The fraction of sp³-hybridized carbons (Fsp3) is 0.0833. The molecule has 8 heteroatoms. The summed E-state index contributed by atoms with van der Waals surface area (Å²) in [6.45, 7) is 3.91. The molecule has 162 valence electrons. The van der Waals surface area contributed by atoms with Crippen LogP contribution in [0.5, 0.6) is 5.75 Å². The lowest BCUT2D eigenvalue weighted by molar-refractivity contribution is 0.102. The minimum atomic E-state index is -4.24. The van der Waals surface area contributed by atoms with Crippen LogP contribution in [0.3, 0.4) is 0 Å². The van der Waals surface area contributed by atoms with Crippen molar-refractivity contribution in [3.8, 4) is 5.75 Å². The van der Waals surface area contributed by atoms with Gasteiger partial charge in [-0.3, -0.25) is 9.59 Å². The molecular formula is C24H20N2O5S. The number of amides is 1. The summed E-state index contributed by atoms with van der Waals surface area (Å²) < 4.78 is 25.8. The quantitative estimate of drug-likeness (QED) is 0.437. The fourth-order valence-electron chi connectivity index (χ4n) is 3.39. The lowest BCUT2D eigenvalue weighted by atomic mass is 10.1. The van der Waals surface area contributed by atoms with Gasteiger partial charge in [0.25, 0.3) is 11.5 Å². The maximum absolute atomic E-state index is 12.9. The van der Waals surface area contributed by atoms with Gasteiger partial charge in [-0.1, -0.05) is 24.3 Å². The summed E-state index contributed by atoms with van der Waals surface area (Å²) in [7, 11) is -4.24. The highest BCUT2D eigenvalue weighted by Gasteiger charge is 2.27. The standard InChI is InChI=1S/C24H20N2O5S/c1-14-8-10-17(12-15(14)2)25-23(28)16-9-11-19-20(13-16)26-24(29)22(21(19)27)32(30,31)18-6-4-3-5-7-18/h3-13H,1-2H3,(H,25,28)(H2,26,27,29). The molecule has 3 aromatic carbocycles. The Balaban J connectivity index is 1.75. The molecule has 1 aromatic heterocycles. The number of fused-ring (bicyclic) bond motifs is 1. The van der Waals surface area contributed by atoms with Gasteiger partial charge in [0.05, 0.1) is 10.4 Å². The largest absolute Gasteiger partial charge is 0.506 e. The molecule has 0 bridgehead atoms. The van der Waals surface area contributed by atoms with Crippen LogP contribution in [0.2, 0.25) is 0 Å². The van der Waals surface area contributed by atoms with Crippen molar-refractivity contribution >= 4 is 32.3 Å². The lowest BCUT2D eigenvalue weighted by Crippen LogP contribution is -2.18. The third-order valence-electron chi connectivity index (χ3n) is 5.29. The summed E-state index contributed by atoms with van der Waals surface area (Å²) in [6.07, 6.45) is 0. The number of hydrogen-bond acceptors (Lipinski definition) is 5. The number of aromatic nitrogens is 1. The van der Waals surface area contributed by atoms with E-state index in [-0.39, 0.29) is 21.4 Å². The monoisotopic (exact) mass is 448 g/mol. The van der Waals surface area contributed by atoms with Gasteiger partial charge in [-0.25, -0.2) is 8.42 Å². The number of aromatic amines is 1. The SMILES string of the molecule is Cc1ccc(NC(=O)c2ccc3c(O)c(S(=O)(=O)c4ccccc4)c(=O)[nH]c3c2)cc1C. The Kier molecular flexibility index (Phi) is 5.31. The van der Waals surface area contributed by atoms with Gasteiger partial charge in [0.1, 0.15) is 5.75 Å². The van der Waals surface area contributed by atoms with Crippen molar-refractivity contribution in [3.63, 3.8) is 0 Å². The van der Waals surface area contributed by atoms with Gasteiger partial charge in [-0.2, -0.15) is 0 Å². The Morgan fingerprint density at radius 3 is 2.34 bits per heavy atom. The van der Waals surface area contributed by atoms with Crippen molar-refractivity contribution in [1.82, 2.24) is 4.98 Å². The molecule has 0 unspecified atom stereocenters. The van der Waals surface area contributed by atoms with Crippen molar-refractivity contribution in [2.24, 2.45) is 0 Å². The van der Waals surface area contributed by atoms with Crippen LogP contribution in [0.1, 0.15) is 21.5 Å². The molecule has 1 amide bonds. The fourth-order valence-corrected chi connectivity index (χ4v) is 4.80. The molecule has 0 atom stereocenters. The zero-order chi connectivity index (χ0) is 23.0. The minimum Gasteiger partial charge on any atom is -0.506 e. The highest BCUT2D eigenvalue weighted by molar-refractivity contribution is 7.91. The predicted octanol–water partition coefficient (Wildman–Crippen LogP) is 3.94. The molecule has 0 saturated carbocycles. The van der Waals surface area contributed by atoms with E-state index in [2.05, 4.69) is 10.3 Å². The zero-order valence-corrected chi connectivity index (χ0v) is 18.2. The summed E-state index contributed by atoms with van der Waals surface area (Å²) in [5, 5.41) is 13.5. The number of aryl methyl sites for hydroxylation is 2. The molecule has 0 aliphatic carbocycles. The average molecular weight is 449 g/mol. The van der Waals surface area contributed by atoms with E-state index in [1.54, 1.807) is 12.1 Å². The van der Waals surface area contributed by atoms with E-state index < -0.39 is 31.9 Å². The van der Waals surface area contributed by atoms with Crippen LogP contribution in [0.25, 0.3) is 10.9 Å². The van der Waals surface area contributed by atoms with Gasteiger partial charge in [-0.05, 0) is 67.4 Å². The molecule has 4 aromatic rings. The van der Waals surface area contributed by atoms with E-state index >= 15 is 0 Å². The first-order chi connectivity index (χ1) is 15.2. The number of carbonyl (C=O) groups excluding carboxylic acids is 1. The number of sulfone groups is 1. The summed E-state index contributed by atoms with van der Waals surface area (Å²) in [5.74, 6) is -1.06. The van der Waals surface area contributed by atoms with Crippen LogP contribution in [-0.2, 0) is 9.84 Å². The van der Waals surface area contributed by atoms with Crippen molar-refractivity contribution in [3.05, 3.63) is 93.8 Å². The second-order valence-electron chi connectivity index (χ2n) is 7.46. The van der Waals surface area contributed by atoms with Gasteiger partial charge in [0.2, 0.25) is 9.84 Å². The van der Waals surface area contributed by atoms with E-state index in [4.69, 9.17) is 0 Å². The Morgan fingerprint density at radius 1 is 0.938 bits per heavy atom. The minimum absolute atomic E-state index is 0.107. The van der Waals surface area contributed by atoms with E-state index in [0.29, 0.717) is 5.69 Å². The number of anilines is 1. The van der Waals surface area contributed by atoms with Crippen LogP contribution in [0, 0.1) is 13.8 Å². The molecule has 0 spiro atoms. The Bertz CT molecular complexity index is 1520. The van der Waals surface area contributed by atoms with Gasteiger partial charge in [0.15, 0.2) is 4.90 Å². The highest BCUT2D eigenvalue weighted by Crippen LogP contribution is 2.31. The summed E-state index contributed by atoms with van der Waals surface area (Å²) >= 11 is 0. The smallest absolute Gasteiger partial charge is 0.271 e. The Morgan fingerprint density at radius 2 is 1.66 bits per heavy atom. The van der Waals surface area contributed by atoms with Crippen molar-refractivity contribution in [1.29, 1.82) is 0 Å². The molecule has 0 fully saturated rings. The number of carbonyl (C=O) groups is 1. The zero-order valence-electron chi connectivity index (χ0n) is 17.3. The summed E-state index contributed by atoms with van der Waals surface area (Å²) in [4.78, 5) is 26.9. The first-order valence-corrected chi connectivity index (χ1v) is 11.2. The molecule has 3 N–H and O–H groups in total. The first kappa shape index (κ1) is 21.3. The Hall–Kier alpha value is -3.91. The average Bonchev–Trinajstić information content (AvgIpc) is 2.76. The second-order valence-corrected chi connectivity index (χ2v) is 9.35. The molecule has 0 aliphatic rings. The van der Waals surface area contributed by atoms with E-state index in [0.717, 1.165) is 11.1 Å². The van der Waals surface area contributed by atoms with Crippen LogP contribution in [0.4, 0.5) is 5.69 Å². The highest BCUT2D eigenvalue weighted by atomic mass is 32.2. The third-order valence-corrected chi connectivity index (χ3v) is 7.10. The van der Waals surface area contributed by atoms with Gasteiger partial charge < -0.3 is 15.4 Å². The Labute approximate surface area is 184 Å². The van der Waals surface area contributed by atoms with Gasteiger partial charge >= 0.3 is 0 Å². The molecule has 1 heterocycles. The normalized spacial score (nSPS) is 11.4. The molecular weight excluding hydrogens is 428 g/mol. The van der Waals surface area contributed by atoms with Gasteiger partial charge in [-0.15, -0.1) is 0 Å². The molecule has 0 saturated heterocycles. The molecule has 7 nitrogen and oxygen atoms in total. The van der Waals surface area contributed by atoms with Crippen molar-refractivity contribution < 1.29 is 18.3 Å². The number of benzene rings is 3. The number of hydrogen-bond donors (Lipinski definition) is 3. The molecule has 0 aliphatic heterocycles. The van der Waals surface area contributed by atoms with Crippen LogP contribution >= 0.6 is 0 Å². The van der Waals surface area contributed by atoms with Crippen LogP contribution < -0.4 is 10.9 Å². The molecule has 0 radical (unpaired) electrons. The first-order valence-electron chi connectivity index (χ1n) is 9.76. The van der Waals surface area contributed by atoms with E-state index in [9.17, 15) is 23.1 Å². The van der Waals surface area contributed by atoms with Crippen LogP contribution in [0.15, 0.2) is 81.3 Å². The van der Waals surface area contributed by atoms with Gasteiger partial charge in [0, 0.05) is 16.6 Å². The van der Waals surface area contributed by atoms with Crippen LogP contribution in [-0.4, -0.2) is 24.4 Å². The maximum Gasteiger partial charge on any atom is 0.271 e. The number of pyridine rings is 1. The summed E-state index contributed by atoms with van der Waals surface area (Å²) in [5.41, 5.74) is 2.17. The topological polar surface area (TPSA) is 116 Å². The van der Waals surface area contributed by atoms with E-state index in [1.807, 2.05) is 26.0 Å². The van der Waals surface area contributed by atoms with Crippen molar-refractivity contribution in [2.75, 3.05) is 5.32 Å². The predicted molar refractivity (Wildman–Crippen MR) is 122 cm³/mol. The number of rotatable bonds is 4. The summed E-state index contributed by atoms with van der Waals surface area (Å²) in [6, 6.07) is 17.2. The molecule has 32 heavy (non-hydrogen) atoms. The maximum atomic E-state index is 12.9.